The molecule has 0 radical (unpaired) electrons. The SMILES string of the molecule is Bc1c(B)c(B)c(-c2nc(-c3ccccc3)nc(-c3ccc(-n4c5ccccc5c5ccc(-c6ccccc6)cc54)c(-c4nc(-c5c(B)c(B)c(B)c(B)c5B)nc(-c5c(B)c(B)c(B)c(B)c5B)n4)c3)n2)c(B)c1B. The van der Waals surface area contributed by atoms with Crippen LogP contribution in [0.25, 0.3) is 107 Å². The fourth-order valence-corrected chi connectivity index (χ4v) is 11.6. The maximum atomic E-state index is 5.68. The maximum absolute atomic E-state index is 5.68. The minimum Gasteiger partial charge on any atom is -0.308 e. The van der Waals surface area contributed by atoms with Gasteiger partial charge in [0.15, 0.2) is 34.9 Å². The summed E-state index contributed by atoms with van der Waals surface area (Å²) in [6, 6.07) is 42.9. The molecule has 0 unspecified atom stereocenters. The van der Waals surface area contributed by atoms with Gasteiger partial charge in [0.1, 0.15) is 118 Å². The highest BCUT2D eigenvalue weighted by atomic mass is 15.1. The van der Waals surface area contributed by atoms with E-state index in [1.165, 1.54) is 60.1 Å². The summed E-state index contributed by atoms with van der Waals surface area (Å²) in [5, 5.41) is 2.31. The van der Waals surface area contributed by atoms with Gasteiger partial charge >= 0.3 is 0 Å². The zero-order valence-electron chi connectivity index (χ0n) is 46.7. The van der Waals surface area contributed by atoms with Crippen LogP contribution in [0.3, 0.4) is 0 Å². The van der Waals surface area contributed by atoms with Crippen molar-refractivity contribution in [2.45, 2.75) is 0 Å². The Labute approximate surface area is 459 Å². The molecule has 8 aromatic carbocycles. The highest BCUT2D eigenvalue weighted by molar-refractivity contribution is 6.71. The number of para-hydroxylation sites is 1. The van der Waals surface area contributed by atoms with Crippen LogP contribution in [-0.2, 0) is 0 Å². The molecule has 3 heterocycles. The minimum atomic E-state index is 0.556. The molecule has 0 aliphatic rings. The van der Waals surface area contributed by atoms with Gasteiger partial charge in [0.25, 0.3) is 0 Å². The maximum Gasteiger partial charge on any atom is 0.166 e. The van der Waals surface area contributed by atoms with Crippen molar-refractivity contribution in [2.24, 2.45) is 0 Å². The predicted octanol–water partition coefficient (Wildman–Crippen LogP) is -13.3. The lowest BCUT2D eigenvalue weighted by Gasteiger charge is -2.22. The topological polar surface area (TPSA) is 82.3 Å². The van der Waals surface area contributed by atoms with Gasteiger partial charge in [-0.2, -0.15) is 0 Å². The van der Waals surface area contributed by atoms with Crippen molar-refractivity contribution < 1.29 is 0 Å². The first kappa shape index (κ1) is 50.7. The van der Waals surface area contributed by atoms with Crippen molar-refractivity contribution in [3.8, 4) is 85.1 Å². The Kier molecular flexibility index (Phi) is 13.1. The third-order valence-corrected chi connectivity index (χ3v) is 17.5. The van der Waals surface area contributed by atoms with Crippen molar-refractivity contribution >= 4 is 221 Å². The molecule has 11 aromatic rings. The van der Waals surface area contributed by atoms with E-state index in [4.69, 9.17) is 29.9 Å². The molecule has 3 aromatic heterocycles. The number of benzene rings is 8. The number of aromatic nitrogens is 7. The van der Waals surface area contributed by atoms with E-state index in [0.29, 0.717) is 34.9 Å². The molecule has 0 spiro atoms. The minimum absolute atomic E-state index is 0.556. The summed E-state index contributed by atoms with van der Waals surface area (Å²) < 4.78 is 2.39. The highest BCUT2D eigenvalue weighted by Gasteiger charge is 2.26. The Morgan fingerprint density at radius 3 is 1.09 bits per heavy atom. The molecule has 0 aliphatic heterocycles. The summed E-state index contributed by atoms with van der Waals surface area (Å²) in [7, 11) is 33.1. The predicted molar refractivity (Wildman–Crippen MR) is 368 cm³/mol. The van der Waals surface area contributed by atoms with E-state index in [2.05, 4.69) is 225 Å². The van der Waals surface area contributed by atoms with Gasteiger partial charge in [-0.3, -0.25) is 0 Å². The van der Waals surface area contributed by atoms with E-state index in [-0.39, 0.29) is 0 Å². The van der Waals surface area contributed by atoms with Crippen LogP contribution < -0.4 is 81.9 Å². The van der Waals surface area contributed by atoms with Crippen LogP contribution in [0.15, 0.2) is 121 Å². The second kappa shape index (κ2) is 19.6. The van der Waals surface area contributed by atoms with Gasteiger partial charge in [0, 0.05) is 44.2 Å². The second-order valence-electron chi connectivity index (χ2n) is 21.2. The molecule has 0 atom stereocenters. The smallest absolute Gasteiger partial charge is 0.166 e. The molecule has 0 bridgehead atoms. The van der Waals surface area contributed by atoms with Crippen molar-refractivity contribution in [1.82, 2.24) is 34.5 Å². The standard InChI is InChI=1S/C54H50B15N7/c55-34-31(35(56)41(62)46(67)40(34)61)52-71-49(22-11-5-2-6-12-22)70-50(72-52)24-16-18-29(76-28-14-8-7-13-25(28)26-17-15-23(20-30(26)76)21-9-3-1-4-10-21)27(19-24)51-73-53(32-36(57)42(63)47(68)43(64)37(32)58)75-54(74-51)33-38(59)44(65)48(69)45(66)39(33)60/h1-20H,55-69H2. The molecular formula is C54H50B15N7. The Morgan fingerprint density at radius 2 is 0.605 bits per heavy atom. The van der Waals surface area contributed by atoms with Crippen LogP contribution in [0, 0.1) is 0 Å². The monoisotopic (exact) mass is 962 g/mol. The van der Waals surface area contributed by atoms with Crippen LogP contribution in [0.4, 0.5) is 0 Å². The van der Waals surface area contributed by atoms with Gasteiger partial charge < -0.3 is 4.57 Å². The van der Waals surface area contributed by atoms with E-state index in [1.807, 2.05) is 18.2 Å². The molecule has 346 valence electrons. The molecule has 0 aliphatic carbocycles. The van der Waals surface area contributed by atoms with E-state index in [0.717, 1.165) is 93.9 Å². The van der Waals surface area contributed by atoms with Crippen molar-refractivity contribution in [3.05, 3.63) is 121 Å². The molecule has 76 heavy (non-hydrogen) atoms. The molecule has 11 rings (SSSR count). The van der Waals surface area contributed by atoms with E-state index in [1.54, 1.807) is 0 Å². The largest absolute Gasteiger partial charge is 0.308 e. The lowest BCUT2D eigenvalue weighted by molar-refractivity contribution is 1.06. The molecule has 7 nitrogen and oxygen atoms in total. The first-order valence-corrected chi connectivity index (χ1v) is 26.5. The number of hydrogen-bond acceptors (Lipinski definition) is 6. The molecule has 0 N–H and O–H groups in total. The van der Waals surface area contributed by atoms with Crippen LogP contribution in [-0.4, -0.2) is 152 Å². The summed E-state index contributed by atoms with van der Waals surface area (Å²) in [5.74, 6) is 3.65. The van der Waals surface area contributed by atoms with E-state index >= 15 is 0 Å². The zero-order valence-corrected chi connectivity index (χ0v) is 46.7. The first-order chi connectivity index (χ1) is 36.4. The average Bonchev–Trinajstić information content (AvgIpc) is 3.86. The second-order valence-corrected chi connectivity index (χ2v) is 21.2. The summed E-state index contributed by atoms with van der Waals surface area (Å²) in [4.78, 5) is 33.0. The molecule has 0 amide bonds. The quantitative estimate of drug-likeness (QED) is 0.141. The third kappa shape index (κ3) is 8.31. The molecule has 22 heteroatoms. The van der Waals surface area contributed by atoms with E-state index < -0.39 is 0 Å². The number of fused-ring (bicyclic) bond motifs is 3. The summed E-state index contributed by atoms with van der Waals surface area (Å²) in [5.41, 5.74) is 29.3. The number of nitrogens with zero attached hydrogens (tertiary/aromatic N) is 7. The fourth-order valence-electron chi connectivity index (χ4n) is 11.6. The normalized spacial score (nSPS) is 11.4. The number of hydrogen-bond donors (Lipinski definition) is 0. The lowest BCUT2D eigenvalue weighted by atomic mass is 9.60. The van der Waals surface area contributed by atoms with Gasteiger partial charge in [0.05, 0.1) is 16.7 Å². The van der Waals surface area contributed by atoms with Crippen molar-refractivity contribution in [2.75, 3.05) is 0 Å². The first-order valence-electron chi connectivity index (χ1n) is 26.5. The summed E-state index contributed by atoms with van der Waals surface area (Å²) >= 11 is 0. The van der Waals surface area contributed by atoms with Crippen molar-refractivity contribution in [3.63, 3.8) is 0 Å². The van der Waals surface area contributed by atoms with Gasteiger partial charge in [0.2, 0.25) is 0 Å². The van der Waals surface area contributed by atoms with Crippen LogP contribution in [0.1, 0.15) is 0 Å². The third-order valence-electron chi connectivity index (χ3n) is 17.5. The Morgan fingerprint density at radius 1 is 0.250 bits per heavy atom. The van der Waals surface area contributed by atoms with Gasteiger partial charge in [-0.15, -0.1) is 49.2 Å². The number of rotatable bonds is 8. The fraction of sp³-hybridized carbons (Fsp3) is 0. The van der Waals surface area contributed by atoms with Crippen LogP contribution >= 0.6 is 0 Å². The Hall–Kier alpha value is -7.45. The molecular weight excluding hydrogens is 909 g/mol. The zero-order chi connectivity index (χ0) is 53.6. The van der Waals surface area contributed by atoms with Gasteiger partial charge in [-0.25, -0.2) is 29.9 Å². The Balaban J connectivity index is 1.28. The summed E-state index contributed by atoms with van der Waals surface area (Å²) in [6.45, 7) is 0. The molecule has 0 saturated heterocycles. The van der Waals surface area contributed by atoms with E-state index in [9.17, 15) is 0 Å². The Bertz CT molecular complexity index is 4080. The van der Waals surface area contributed by atoms with Crippen molar-refractivity contribution in [1.29, 1.82) is 0 Å². The van der Waals surface area contributed by atoms with Gasteiger partial charge in [-0.1, -0.05) is 124 Å². The molecule has 0 saturated carbocycles. The highest BCUT2D eigenvalue weighted by Crippen LogP contribution is 2.39. The lowest BCUT2D eigenvalue weighted by Crippen LogP contribution is -2.55. The summed E-state index contributed by atoms with van der Waals surface area (Å²) in [6.07, 6.45) is 0. The van der Waals surface area contributed by atoms with Gasteiger partial charge in [-0.05, 0) is 41.5 Å². The molecule has 0 fully saturated rings. The average molecular weight is 959 g/mol. The van der Waals surface area contributed by atoms with Crippen LogP contribution in [0.5, 0.6) is 0 Å². The van der Waals surface area contributed by atoms with Crippen LogP contribution in [0.2, 0.25) is 0 Å².